The minimum absolute atomic E-state index is 1.19. The van der Waals surface area contributed by atoms with Crippen LogP contribution < -0.4 is 0 Å². The van der Waals surface area contributed by atoms with Crippen molar-refractivity contribution in [2.24, 2.45) is 0 Å². The molecule has 0 spiro atoms. The van der Waals surface area contributed by atoms with Crippen molar-refractivity contribution in [3.63, 3.8) is 0 Å². The highest BCUT2D eigenvalue weighted by atomic mass is 14.7. The molecule has 5 aromatic carbocycles. The number of rotatable bonds is 1. The quantitative estimate of drug-likeness (QED) is 0.322. The standard InChI is InChI=1S/C26H17N/c1-2-6-19-15-20(11-9-17(19)5-1)21-12-10-18-13-14-25-26(23(18)16-21)22-7-3-4-8-24(22)27-25/h1-16,27H. The number of para-hydroxylation sites is 1. The van der Waals surface area contributed by atoms with Crippen molar-refractivity contribution < 1.29 is 0 Å². The van der Waals surface area contributed by atoms with Gasteiger partial charge >= 0.3 is 0 Å². The topological polar surface area (TPSA) is 15.8 Å². The van der Waals surface area contributed by atoms with Gasteiger partial charge in [-0.15, -0.1) is 0 Å². The first kappa shape index (κ1) is 14.6. The van der Waals surface area contributed by atoms with Crippen molar-refractivity contribution in [2.75, 3.05) is 0 Å². The SMILES string of the molecule is c1ccc2cc(-c3ccc4ccc5[nH]c6ccccc6c5c4c3)ccc2c1. The molecule has 0 atom stereocenters. The van der Waals surface area contributed by atoms with Crippen LogP contribution in [0.5, 0.6) is 0 Å². The Hall–Kier alpha value is -3.58. The lowest BCUT2D eigenvalue weighted by molar-refractivity contribution is 1.55. The molecule has 0 radical (unpaired) electrons. The zero-order valence-corrected chi connectivity index (χ0v) is 14.7. The average molecular weight is 343 g/mol. The molecule has 1 N–H and O–H groups in total. The molecule has 0 unspecified atom stereocenters. The van der Waals surface area contributed by atoms with Crippen LogP contribution in [0.3, 0.4) is 0 Å². The molecule has 1 aromatic heterocycles. The van der Waals surface area contributed by atoms with E-state index in [1.165, 1.54) is 54.5 Å². The predicted molar refractivity (Wildman–Crippen MR) is 116 cm³/mol. The number of hydrogen-bond donors (Lipinski definition) is 1. The fourth-order valence-electron chi connectivity index (χ4n) is 4.22. The number of aromatic nitrogens is 1. The van der Waals surface area contributed by atoms with Crippen LogP contribution in [0.2, 0.25) is 0 Å². The third-order valence-corrected chi connectivity index (χ3v) is 5.57. The summed E-state index contributed by atoms with van der Waals surface area (Å²) < 4.78 is 0. The average Bonchev–Trinajstić information content (AvgIpc) is 3.12. The van der Waals surface area contributed by atoms with Gasteiger partial charge < -0.3 is 4.98 Å². The highest BCUT2D eigenvalue weighted by Gasteiger charge is 2.09. The van der Waals surface area contributed by atoms with Crippen LogP contribution in [0, 0.1) is 0 Å². The Morgan fingerprint density at radius 1 is 0.444 bits per heavy atom. The number of hydrogen-bond acceptors (Lipinski definition) is 0. The van der Waals surface area contributed by atoms with Crippen LogP contribution in [0.1, 0.15) is 0 Å². The fraction of sp³-hybridized carbons (Fsp3) is 0. The number of aromatic amines is 1. The van der Waals surface area contributed by atoms with E-state index in [9.17, 15) is 0 Å². The second-order valence-corrected chi connectivity index (χ2v) is 7.16. The molecule has 0 aliphatic heterocycles. The van der Waals surface area contributed by atoms with Crippen molar-refractivity contribution in [1.29, 1.82) is 0 Å². The summed E-state index contributed by atoms with van der Waals surface area (Å²) in [6.45, 7) is 0. The Bertz CT molecular complexity index is 1470. The molecule has 6 aromatic rings. The Morgan fingerprint density at radius 3 is 2.07 bits per heavy atom. The van der Waals surface area contributed by atoms with E-state index in [4.69, 9.17) is 0 Å². The van der Waals surface area contributed by atoms with Crippen molar-refractivity contribution >= 4 is 43.4 Å². The maximum absolute atomic E-state index is 3.55. The lowest BCUT2D eigenvalue weighted by Crippen LogP contribution is -1.81. The van der Waals surface area contributed by atoms with Gasteiger partial charge in [-0.05, 0) is 56.9 Å². The Labute approximate surface area is 156 Å². The molecule has 0 fully saturated rings. The third kappa shape index (κ3) is 2.18. The largest absolute Gasteiger partial charge is 0.354 e. The Balaban J connectivity index is 1.66. The molecular weight excluding hydrogens is 326 g/mol. The Morgan fingerprint density at radius 2 is 1.15 bits per heavy atom. The summed E-state index contributed by atoms with van der Waals surface area (Å²) in [6, 6.07) is 35.0. The van der Waals surface area contributed by atoms with Gasteiger partial charge in [0, 0.05) is 21.8 Å². The summed E-state index contributed by atoms with van der Waals surface area (Å²) in [7, 11) is 0. The van der Waals surface area contributed by atoms with Crippen LogP contribution in [0.15, 0.2) is 97.1 Å². The number of H-pyrrole nitrogens is 1. The van der Waals surface area contributed by atoms with Crippen LogP contribution in [0.4, 0.5) is 0 Å². The van der Waals surface area contributed by atoms with Crippen LogP contribution in [-0.4, -0.2) is 4.98 Å². The van der Waals surface area contributed by atoms with Gasteiger partial charge in [-0.3, -0.25) is 0 Å². The first-order valence-corrected chi connectivity index (χ1v) is 9.29. The van der Waals surface area contributed by atoms with E-state index in [2.05, 4.69) is 102 Å². The van der Waals surface area contributed by atoms with Gasteiger partial charge in [0.2, 0.25) is 0 Å². The molecule has 126 valence electrons. The van der Waals surface area contributed by atoms with Crippen molar-refractivity contribution in [3.8, 4) is 11.1 Å². The van der Waals surface area contributed by atoms with E-state index in [-0.39, 0.29) is 0 Å². The van der Waals surface area contributed by atoms with E-state index in [1.807, 2.05) is 0 Å². The van der Waals surface area contributed by atoms with Gasteiger partial charge in [0.25, 0.3) is 0 Å². The first-order valence-electron chi connectivity index (χ1n) is 9.29. The minimum Gasteiger partial charge on any atom is -0.354 e. The summed E-state index contributed by atoms with van der Waals surface area (Å²) in [4.78, 5) is 3.55. The maximum atomic E-state index is 3.55. The van der Waals surface area contributed by atoms with Crippen LogP contribution in [0.25, 0.3) is 54.5 Å². The number of benzene rings is 5. The van der Waals surface area contributed by atoms with Crippen molar-refractivity contribution in [2.45, 2.75) is 0 Å². The van der Waals surface area contributed by atoms with Crippen LogP contribution in [-0.2, 0) is 0 Å². The molecule has 0 aliphatic carbocycles. The Kier molecular flexibility index (Phi) is 2.95. The molecular formula is C26H17N. The zero-order valence-electron chi connectivity index (χ0n) is 14.7. The lowest BCUT2D eigenvalue weighted by Gasteiger charge is -2.07. The molecule has 0 saturated heterocycles. The monoisotopic (exact) mass is 343 g/mol. The molecule has 1 nitrogen and oxygen atoms in total. The maximum Gasteiger partial charge on any atom is 0.0471 e. The predicted octanol–water partition coefficient (Wildman–Crippen LogP) is 7.29. The van der Waals surface area contributed by atoms with Gasteiger partial charge in [-0.1, -0.05) is 72.8 Å². The highest BCUT2D eigenvalue weighted by Crippen LogP contribution is 2.35. The van der Waals surface area contributed by atoms with Gasteiger partial charge in [-0.25, -0.2) is 0 Å². The minimum atomic E-state index is 1.19. The van der Waals surface area contributed by atoms with Crippen molar-refractivity contribution in [1.82, 2.24) is 4.98 Å². The first-order chi connectivity index (χ1) is 13.4. The number of fused-ring (bicyclic) bond motifs is 6. The van der Waals surface area contributed by atoms with Gasteiger partial charge in [0.15, 0.2) is 0 Å². The third-order valence-electron chi connectivity index (χ3n) is 5.57. The van der Waals surface area contributed by atoms with Gasteiger partial charge in [0.05, 0.1) is 0 Å². The molecule has 1 heteroatoms. The van der Waals surface area contributed by atoms with E-state index in [1.54, 1.807) is 0 Å². The van der Waals surface area contributed by atoms with Crippen LogP contribution >= 0.6 is 0 Å². The lowest BCUT2D eigenvalue weighted by atomic mass is 9.96. The van der Waals surface area contributed by atoms with Gasteiger partial charge in [0.1, 0.15) is 0 Å². The fourth-order valence-corrected chi connectivity index (χ4v) is 4.22. The highest BCUT2D eigenvalue weighted by molar-refractivity contribution is 6.20. The summed E-state index contributed by atoms with van der Waals surface area (Å²) in [5.74, 6) is 0. The molecule has 0 saturated carbocycles. The molecule has 27 heavy (non-hydrogen) atoms. The summed E-state index contributed by atoms with van der Waals surface area (Å²) in [5, 5.41) is 7.73. The molecule has 6 rings (SSSR count). The zero-order chi connectivity index (χ0) is 17.8. The normalized spacial score (nSPS) is 11.7. The van der Waals surface area contributed by atoms with E-state index >= 15 is 0 Å². The van der Waals surface area contributed by atoms with Crippen molar-refractivity contribution in [3.05, 3.63) is 97.1 Å². The second kappa shape index (κ2) is 5.46. The summed E-state index contributed by atoms with van der Waals surface area (Å²) >= 11 is 0. The molecule has 0 aliphatic rings. The van der Waals surface area contributed by atoms with E-state index in [0.717, 1.165) is 0 Å². The smallest absolute Gasteiger partial charge is 0.0471 e. The second-order valence-electron chi connectivity index (χ2n) is 7.16. The van der Waals surface area contributed by atoms with E-state index in [0.29, 0.717) is 0 Å². The summed E-state index contributed by atoms with van der Waals surface area (Å²) in [6.07, 6.45) is 0. The van der Waals surface area contributed by atoms with Gasteiger partial charge in [-0.2, -0.15) is 0 Å². The van der Waals surface area contributed by atoms with E-state index < -0.39 is 0 Å². The molecule has 1 heterocycles. The number of nitrogens with one attached hydrogen (secondary N) is 1. The molecule has 0 bridgehead atoms. The summed E-state index contributed by atoms with van der Waals surface area (Å²) in [5.41, 5.74) is 4.90. The molecule has 0 amide bonds.